The second-order valence-electron chi connectivity index (χ2n) is 9.29. The fraction of sp³-hybridized carbons (Fsp3) is 0.440. The Bertz CT molecular complexity index is 1210. The van der Waals surface area contributed by atoms with E-state index in [0.717, 1.165) is 43.6 Å². The third kappa shape index (κ3) is 4.46. The lowest BCUT2D eigenvalue weighted by Crippen LogP contribution is -2.44. The summed E-state index contributed by atoms with van der Waals surface area (Å²) in [5.74, 6) is -0.361. The molecule has 2 atom stereocenters. The summed E-state index contributed by atoms with van der Waals surface area (Å²) in [7, 11) is -3.60. The first-order valence-corrected chi connectivity index (χ1v) is 13.4. The molecule has 0 N–H and O–H groups in total. The van der Waals surface area contributed by atoms with Crippen molar-refractivity contribution in [2.75, 3.05) is 18.0 Å². The van der Waals surface area contributed by atoms with Crippen molar-refractivity contribution in [1.82, 2.24) is 19.1 Å². The van der Waals surface area contributed by atoms with Crippen molar-refractivity contribution in [3.8, 4) is 0 Å². The molecule has 3 heterocycles. The Morgan fingerprint density at radius 1 is 1.03 bits per heavy atom. The topological polar surface area (TPSA) is 71.3 Å². The zero-order chi connectivity index (χ0) is 23.7. The third-order valence-corrected chi connectivity index (χ3v) is 9.57. The van der Waals surface area contributed by atoms with Crippen LogP contribution in [0.15, 0.2) is 61.2 Å². The Labute approximate surface area is 200 Å². The average molecular weight is 484 g/mol. The lowest BCUT2D eigenvalue weighted by Gasteiger charge is -2.37. The maximum absolute atomic E-state index is 15.2. The molecule has 9 heteroatoms. The minimum absolute atomic E-state index is 0.0489. The molecule has 2 fully saturated rings. The smallest absolute Gasteiger partial charge is 0.221 e. The van der Waals surface area contributed by atoms with E-state index < -0.39 is 15.3 Å². The molecule has 0 radical (unpaired) electrons. The van der Waals surface area contributed by atoms with E-state index in [-0.39, 0.29) is 18.4 Å². The monoisotopic (exact) mass is 483 g/mol. The van der Waals surface area contributed by atoms with Crippen molar-refractivity contribution in [3.63, 3.8) is 0 Å². The number of benzene rings is 2. The van der Waals surface area contributed by atoms with E-state index in [1.165, 1.54) is 4.31 Å². The summed E-state index contributed by atoms with van der Waals surface area (Å²) in [5, 5.41) is 3.65. The molecule has 7 nitrogen and oxygen atoms in total. The van der Waals surface area contributed by atoms with Crippen LogP contribution in [0.4, 0.5) is 10.1 Å². The molecule has 0 aliphatic carbocycles. The molecule has 5 rings (SSSR count). The number of hydrogen-bond donors (Lipinski definition) is 0. The first-order valence-electron chi connectivity index (χ1n) is 11.9. The highest BCUT2D eigenvalue weighted by molar-refractivity contribution is 7.89. The molecule has 0 spiro atoms. The van der Waals surface area contributed by atoms with Gasteiger partial charge in [-0.3, -0.25) is 0 Å². The van der Waals surface area contributed by atoms with Crippen molar-refractivity contribution < 1.29 is 12.8 Å². The van der Waals surface area contributed by atoms with Gasteiger partial charge in [-0.1, -0.05) is 36.4 Å². The summed E-state index contributed by atoms with van der Waals surface area (Å²) in [5.41, 5.74) is 2.03. The molecule has 2 aliphatic heterocycles. The highest BCUT2D eigenvalue weighted by Crippen LogP contribution is 2.38. The van der Waals surface area contributed by atoms with Gasteiger partial charge in [0.05, 0.1) is 6.04 Å². The standard InChI is InChI=1S/C25H30FN5O2S/c1-19-7-10-25(20-5-3-2-4-6-20)34(32,33)31(19)16-21-8-9-23(15-24(21)26)29-13-11-22(12-14-29)30-18-27-17-28-30/h2-6,8-9,15,17-19,22,25H,7,10-14,16H2,1H3/t19-,25?/m0/s1. The zero-order valence-electron chi connectivity index (χ0n) is 19.3. The quantitative estimate of drug-likeness (QED) is 0.541. The van der Waals surface area contributed by atoms with Gasteiger partial charge in [-0.15, -0.1) is 0 Å². The number of halogens is 1. The number of sulfonamides is 1. The molecule has 2 aliphatic rings. The van der Waals surface area contributed by atoms with Crippen LogP contribution < -0.4 is 4.90 Å². The van der Waals surface area contributed by atoms with Gasteiger partial charge in [-0.05, 0) is 50.3 Å². The molecule has 0 bridgehead atoms. The molecule has 2 aromatic carbocycles. The van der Waals surface area contributed by atoms with Gasteiger partial charge in [-0.25, -0.2) is 22.5 Å². The van der Waals surface area contributed by atoms with Crippen LogP contribution in [0, 0.1) is 5.82 Å². The lowest BCUT2D eigenvalue weighted by molar-refractivity contribution is 0.279. The first-order chi connectivity index (χ1) is 16.4. The van der Waals surface area contributed by atoms with Crippen molar-refractivity contribution in [1.29, 1.82) is 0 Å². The van der Waals surface area contributed by atoms with Gasteiger partial charge in [-0.2, -0.15) is 9.40 Å². The summed E-state index contributed by atoms with van der Waals surface area (Å²) in [6, 6.07) is 14.7. The third-order valence-electron chi connectivity index (χ3n) is 7.20. The highest BCUT2D eigenvalue weighted by atomic mass is 32.2. The highest BCUT2D eigenvalue weighted by Gasteiger charge is 2.40. The number of piperidine rings is 1. The fourth-order valence-corrected chi connectivity index (χ4v) is 7.36. The molecule has 1 unspecified atom stereocenters. The van der Waals surface area contributed by atoms with Gasteiger partial charge in [0.1, 0.15) is 23.7 Å². The van der Waals surface area contributed by atoms with E-state index in [2.05, 4.69) is 15.0 Å². The maximum Gasteiger partial charge on any atom is 0.221 e. The normalized spacial score (nSPS) is 23.8. The SMILES string of the molecule is C[C@H]1CCC(c2ccccc2)S(=O)(=O)N1Cc1ccc(N2CCC(n3cncn3)CC2)cc1F. The summed E-state index contributed by atoms with van der Waals surface area (Å²) in [6.07, 6.45) is 6.45. The summed E-state index contributed by atoms with van der Waals surface area (Å²) in [4.78, 5) is 6.20. The Morgan fingerprint density at radius 3 is 2.47 bits per heavy atom. The number of nitrogens with zero attached hydrogens (tertiary/aromatic N) is 5. The van der Waals surface area contributed by atoms with E-state index in [1.54, 1.807) is 24.8 Å². The largest absolute Gasteiger partial charge is 0.371 e. The number of anilines is 1. The van der Waals surface area contributed by atoms with Gasteiger partial charge in [0.25, 0.3) is 0 Å². The maximum atomic E-state index is 15.2. The Kier molecular flexibility index (Phi) is 6.40. The van der Waals surface area contributed by atoms with Gasteiger partial charge in [0, 0.05) is 36.9 Å². The minimum Gasteiger partial charge on any atom is -0.371 e. The number of rotatable bonds is 5. The van der Waals surface area contributed by atoms with Crippen molar-refractivity contribution >= 4 is 15.7 Å². The predicted octanol–water partition coefficient (Wildman–Crippen LogP) is 4.31. The van der Waals surface area contributed by atoms with E-state index in [4.69, 9.17) is 0 Å². The fourth-order valence-electron chi connectivity index (χ4n) is 5.18. The second kappa shape index (κ2) is 9.46. The molecular formula is C25H30FN5O2S. The van der Waals surface area contributed by atoms with Crippen LogP contribution in [-0.4, -0.2) is 46.6 Å². The van der Waals surface area contributed by atoms with E-state index in [1.807, 2.05) is 48.0 Å². The average Bonchev–Trinajstić information content (AvgIpc) is 3.38. The molecule has 0 saturated carbocycles. The number of hydrogen-bond acceptors (Lipinski definition) is 5. The van der Waals surface area contributed by atoms with Crippen LogP contribution in [0.3, 0.4) is 0 Å². The first kappa shape index (κ1) is 23.0. The summed E-state index contributed by atoms with van der Waals surface area (Å²) in [6.45, 7) is 3.57. The molecule has 1 aromatic heterocycles. The molecule has 0 amide bonds. The van der Waals surface area contributed by atoms with E-state index >= 15 is 4.39 Å². The van der Waals surface area contributed by atoms with Crippen LogP contribution in [0.1, 0.15) is 55.0 Å². The molecular weight excluding hydrogens is 453 g/mol. The minimum atomic E-state index is -3.60. The van der Waals surface area contributed by atoms with Crippen LogP contribution in [0.5, 0.6) is 0 Å². The predicted molar refractivity (Wildman–Crippen MR) is 129 cm³/mol. The zero-order valence-corrected chi connectivity index (χ0v) is 20.1. The summed E-state index contributed by atoms with van der Waals surface area (Å²) < 4.78 is 45.5. The Morgan fingerprint density at radius 2 is 1.79 bits per heavy atom. The Balaban J connectivity index is 1.30. The lowest BCUT2D eigenvalue weighted by atomic mass is 10.0. The molecule has 2 saturated heterocycles. The van der Waals surface area contributed by atoms with Crippen LogP contribution in [0.25, 0.3) is 0 Å². The van der Waals surface area contributed by atoms with Crippen LogP contribution in [0.2, 0.25) is 0 Å². The summed E-state index contributed by atoms with van der Waals surface area (Å²) >= 11 is 0. The van der Waals surface area contributed by atoms with Crippen molar-refractivity contribution in [2.45, 2.75) is 56.5 Å². The van der Waals surface area contributed by atoms with E-state index in [0.29, 0.717) is 18.0 Å². The van der Waals surface area contributed by atoms with Gasteiger partial charge in [0.15, 0.2) is 0 Å². The van der Waals surface area contributed by atoms with Crippen molar-refractivity contribution in [2.24, 2.45) is 0 Å². The van der Waals surface area contributed by atoms with Gasteiger partial charge in [0.2, 0.25) is 10.0 Å². The molecule has 180 valence electrons. The molecule has 3 aromatic rings. The van der Waals surface area contributed by atoms with Crippen LogP contribution in [-0.2, 0) is 16.6 Å². The van der Waals surface area contributed by atoms with Gasteiger partial charge < -0.3 is 4.90 Å². The molecule has 34 heavy (non-hydrogen) atoms. The second-order valence-corrected chi connectivity index (χ2v) is 11.4. The van der Waals surface area contributed by atoms with Crippen molar-refractivity contribution in [3.05, 3.63) is 78.1 Å². The van der Waals surface area contributed by atoms with Crippen LogP contribution >= 0.6 is 0 Å². The van der Waals surface area contributed by atoms with Gasteiger partial charge >= 0.3 is 0 Å². The van der Waals surface area contributed by atoms with E-state index in [9.17, 15) is 8.42 Å². The number of aromatic nitrogens is 3. The Hall–Kier alpha value is -2.78.